The number of hydrogen-bond donors (Lipinski definition) is 13. The van der Waals surface area contributed by atoms with E-state index in [2.05, 4.69) is 21.3 Å². The van der Waals surface area contributed by atoms with Crippen molar-refractivity contribution in [3.8, 4) is 5.75 Å². The molecule has 0 saturated carbocycles. The first kappa shape index (κ1) is 59.5. The highest BCUT2D eigenvalue weighted by molar-refractivity contribution is 14.1. The molecule has 0 saturated heterocycles. The Morgan fingerprint density at radius 2 is 0.919 bits per heavy atom. The van der Waals surface area contributed by atoms with Crippen LogP contribution >= 0.6 is 136 Å². The maximum absolute atomic E-state index is 13.0. The van der Waals surface area contributed by atoms with Gasteiger partial charge in [-0.3, -0.25) is 28.8 Å². The largest absolute Gasteiger partial charge is 0.469 e. The first-order valence-electron chi connectivity index (χ1n) is 18.0. The third-order valence-electron chi connectivity index (χ3n) is 8.36. The fraction of sp³-hybridized carbons (Fsp3) is 0.500. The van der Waals surface area contributed by atoms with Gasteiger partial charge in [0.15, 0.2) is 23.5 Å². The normalized spacial score (nSPS) is 12.1. The first-order chi connectivity index (χ1) is 29.2. The van der Waals surface area contributed by atoms with Gasteiger partial charge >= 0.3 is 0 Å². The molecule has 0 radical (unpaired) electrons. The van der Waals surface area contributed by atoms with Crippen molar-refractivity contribution >= 4 is 177 Å². The number of ketones is 2. The number of anilines is 1. The topological polar surface area (TPSA) is 342 Å². The maximum atomic E-state index is 13.0. The number of carbonyl (C=O) groups is 6. The average molecular weight is 1550 g/mol. The molecule has 0 spiro atoms. The lowest BCUT2D eigenvalue weighted by molar-refractivity contribution is -0.123. The second-order valence-corrected chi connectivity index (χ2v) is 19.6. The summed E-state index contributed by atoms with van der Waals surface area (Å²) in [6, 6.07) is -1.83. The summed E-state index contributed by atoms with van der Waals surface area (Å²) in [6.07, 6.45) is -2.00. The quantitative estimate of drug-likeness (QED) is 0.0291. The molecule has 0 aromatic heterocycles. The SMILES string of the molecule is C[C@@H](NC=O)Oc1c(I)c(C(=O)CC(CO)CO)c(I)c(C(=O)NC(CO)CO)c1I.C[C@H](O)C(=O)Nc1c(I)c(C(=O)CC(CO)CO)c(I)c(C(=O)NC(CO)CO)c1I. The van der Waals surface area contributed by atoms with Crippen LogP contribution in [0, 0.1) is 33.3 Å². The van der Waals surface area contributed by atoms with Crippen LogP contribution in [0.1, 0.15) is 68.1 Å². The van der Waals surface area contributed by atoms with Gasteiger partial charge < -0.3 is 72.0 Å². The predicted octanol–water partition coefficient (Wildman–Crippen LogP) is 0.304. The molecule has 2 rings (SSSR count). The van der Waals surface area contributed by atoms with E-state index in [0.29, 0.717) is 24.3 Å². The number of nitrogens with one attached hydrogen (secondary N) is 4. The molecule has 0 bridgehead atoms. The molecule has 0 heterocycles. The Morgan fingerprint density at radius 3 is 1.27 bits per heavy atom. The van der Waals surface area contributed by atoms with Crippen LogP contribution in [0.15, 0.2) is 0 Å². The lowest BCUT2D eigenvalue weighted by Gasteiger charge is -2.23. The Kier molecular flexibility index (Phi) is 28.8. The zero-order chi connectivity index (χ0) is 47.6. The number of benzene rings is 2. The van der Waals surface area contributed by atoms with Gasteiger partial charge in [-0.15, -0.1) is 0 Å². The van der Waals surface area contributed by atoms with Crippen molar-refractivity contribution < 1.29 is 79.5 Å². The highest BCUT2D eigenvalue weighted by atomic mass is 127. The third-order valence-corrected chi connectivity index (χ3v) is 14.7. The summed E-state index contributed by atoms with van der Waals surface area (Å²) in [6.45, 7) is -0.730. The van der Waals surface area contributed by atoms with E-state index in [0.717, 1.165) is 0 Å². The summed E-state index contributed by atoms with van der Waals surface area (Å²) >= 11 is 11.2. The molecule has 0 aliphatic heterocycles. The number of aliphatic hydroxyl groups excluding tert-OH is 9. The lowest BCUT2D eigenvalue weighted by atomic mass is 9.97. The van der Waals surface area contributed by atoms with Gasteiger partial charge in [0.1, 0.15) is 6.10 Å². The van der Waals surface area contributed by atoms with E-state index in [1.165, 1.54) is 6.92 Å². The molecule has 62 heavy (non-hydrogen) atoms. The van der Waals surface area contributed by atoms with Crippen molar-refractivity contribution in [2.24, 2.45) is 11.8 Å². The van der Waals surface area contributed by atoms with E-state index in [4.69, 9.17) is 4.74 Å². The van der Waals surface area contributed by atoms with E-state index in [1.54, 1.807) is 6.92 Å². The number of aliphatic hydroxyl groups is 9. The van der Waals surface area contributed by atoms with Gasteiger partial charge in [-0.2, -0.15) is 0 Å². The predicted molar refractivity (Wildman–Crippen MR) is 273 cm³/mol. The van der Waals surface area contributed by atoms with E-state index >= 15 is 0 Å². The highest BCUT2D eigenvalue weighted by Gasteiger charge is 2.32. The second kappa shape index (κ2) is 30.0. The Balaban J connectivity index is 0.000000620. The van der Waals surface area contributed by atoms with E-state index < -0.39 is 105 Å². The monoisotopic (exact) mass is 1550 g/mol. The molecule has 2 atom stereocenters. The maximum Gasteiger partial charge on any atom is 0.253 e. The van der Waals surface area contributed by atoms with Gasteiger partial charge in [0.2, 0.25) is 6.41 Å². The molecule has 0 aliphatic rings. The summed E-state index contributed by atoms with van der Waals surface area (Å²) in [5.74, 6) is -4.08. The van der Waals surface area contributed by atoms with Crippen LogP contribution in [0.2, 0.25) is 0 Å². The van der Waals surface area contributed by atoms with Gasteiger partial charge in [-0.1, -0.05) is 0 Å². The molecular weight excluding hydrogens is 1510 g/mol. The molecule has 2 aromatic rings. The van der Waals surface area contributed by atoms with Gasteiger partial charge in [0.05, 0.1) is 66.0 Å². The summed E-state index contributed by atoms with van der Waals surface area (Å²) in [5.41, 5.74) is 0.591. The van der Waals surface area contributed by atoms with Gasteiger partial charge in [0.25, 0.3) is 17.7 Å². The smallest absolute Gasteiger partial charge is 0.253 e. The van der Waals surface area contributed by atoms with Crippen LogP contribution in [0.5, 0.6) is 5.75 Å². The van der Waals surface area contributed by atoms with Crippen molar-refractivity contribution in [2.75, 3.05) is 58.2 Å². The Bertz CT molecular complexity index is 1790. The molecule has 20 nitrogen and oxygen atoms in total. The molecule has 2 aromatic carbocycles. The van der Waals surface area contributed by atoms with Crippen LogP contribution in [-0.4, -0.2) is 159 Å². The van der Waals surface area contributed by atoms with E-state index in [1.807, 2.05) is 136 Å². The van der Waals surface area contributed by atoms with Crippen LogP contribution in [0.25, 0.3) is 0 Å². The zero-order valence-corrected chi connectivity index (χ0v) is 45.7. The minimum Gasteiger partial charge on any atom is -0.469 e. The number of carbonyl (C=O) groups excluding carboxylic acids is 6. The molecule has 0 fully saturated rings. The number of halogens is 6. The van der Waals surface area contributed by atoms with Gasteiger partial charge in [0, 0.05) is 72.9 Å². The third kappa shape index (κ3) is 16.7. The van der Waals surface area contributed by atoms with Crippen LogP contribution < -0.4 is 26.0 Å². The standard InChI is InChI=1S/2C18H23I3N2O8/c1-8(22-7-28)31-17-15(20)12(11(29)2-9(3-24)4-25)14(19)13(16(17)21)18(30)23-10(5-26)6-27;1-7(28)17(30)23-16-14(20)11(10(29)2-8(3-24)4-25)13(19)12(15(16)21)18(31)22-9(5-26)6-27/h7-10,24-27H,2-6H2,1H3,(H,22,28)(H,23,30);7-9,24-28H,2-6H2,1H3,(H,22,31)(H,23,30)/t8-;7-/m00/s1. The molecule has 0 unspecified atom stereocenters. The molecule has 348 valence electrons. The Morgan fingerprint density at radius 1 is 0.565 bits per heavy atom. The van der Waals surface area contributed by atoms with Crippen molar-refractivity contribution in [1.29, 1.82) is 0 Å². The fourth-order valence-corrected chi connectivity index (χ4v) is 13.9. The van der Waals surface area contributed by atoms with Gasteiger partial charge in [-0.25, -0.2) is 0 Å². The number of hydrogen-bond acceptors (Lipinski definition) is 16. The average Bonchev–Trinajstić information content (AvgIpc) is 3.23. The molecule has 26 heteroatoms. The number of Topliss-reactive ketones (excluding diaryl/α,β-unsaturated/α-hetero) is 2. The highest BCUT2D eigenvalue weighted by Crippen LogP contribution is 2.39. The summed E-state index contributed by atoms with van der Waals surface area (Å²) in [7, 11) is 0. The summed E-state index contributed by atoms with van der Waals surface area (Å²) < 4.78 is 7.77. The van der Waals surface area contributed by atoms with Crippen molar-refractivity contribution in [3.05, 3.63) is 43.7 Å². The second-order valence-electron chi connectivity index (χ2n) is 13.1. The number of amides is 4. The van der Waals surface area contributed by atoms with Crippen molar-refractivity contribution in [2.45, 2.75) is 51.1 Å². The zero-order valence-electron chi connectivity index (χ0n) is 32.8. The summed E-state index contributed by atoms with van der Waals surface area (Å²) in [4.78, 5) is 74.7. The molecule has 0 aliphatic carbocycles. The van der Waals surface area contributed by atoms with E-state index in [-0.39, 0.29) is 63.3 Å². The van der Waals surface area contributed by atoms with Crippen LogP contribution in [0.3, 0.4) is 0 Å². The molecular formula is C36H46I6N4O16. The molecule has 4 amide bonds. The fourth-order valence-electron chi connectivity index (χ4n) is 4.86. The molecule has 13 N–H and O–H groups in total. The Labute approximate surface area is 437 Å². The van der Waals surface area contributed by atoms with Gasteiger partial charge in [-0.05, 0) is 149 Å². The number of rotatable bonds is 24. The van der Waals surface area contributed by atoms with Crippen molar-refractivity contribution in [3.63, 3.8) is 0 Å². The van der Waals surface area contributed by atoms with Crippen molar-refractivity contribution in [1.82, 2.24) is 16.0 Å². The minimum atomic E-state index is -1.34. The summed E-state index contributed by atoms with van der Waals surface area (Å²) in [5, 5.41) is 93.9. The minimum absolute atomic E-state index is 0.0438. The lowest BCUT2D eigenvalue weighted by Crippen LogP contribution is -2.41. The number of ether oxygens (including phenoxy) is 1. The Hall–Kier alpha value is -0.520. The van der Waals surface area contributed by atoms with E-state index in [9.17, 15) is 74.7 Å². The van der Waals surface area contributed by atoms with Crippen LogP contribution in [0.4, 0.5) is 5.69 Å². The first-order valence-corrected chi connectivity index (χ1v) is 24.5. The van der Waals surface area contributed by atoms with Crippen LogP contribution in [-0.2, 0) is 9.59 Å².